The first-order chi connectivity index (χ1) is 9.89. The van der Waals surface area contributed by atoms with Crippen LogP contribution in [0.1, 0.15) is 13.3 Å². The Morgan fingerprint density at radius 3 is 2.71 bits per heavy atom. The molecular weight excluding hydrogens is 299 g/mol. The van der Waals surface area contributed by atoms with Crippen LogP contribution in [0.25, 0.3) is 0 Å². The number of sulfonamides is 1. The fraction of sp³-hybridized carbons (Fsp3) is 0.538. The van der Waals surface area contributed by atoms with Crippen molar-refractivity contribution in [1.82, 2.24) is 4.72 Å². The maximum atomic E-state index is 13.6. The summed E-state index contributed by atoms with van der Waals surface area (Å²) in [5.74, 6) is -0.749. The van der Waals surface area contributed by atoms with Gasteiger partial charge >= 0.3 is 0 Å². The topological polar surface area (TPSA) is 90.6 Å². The molecule has 0 amide bonds. The van der Waals surface area contributed by atoms with Gasteiger partial charge in [0, 0.05) is 12.6 Å². The van der Waals surface area contributed by atoms with Crippen molar-refractivity contribution in [2.45, 2.75) is 36.4 Å². The third-order valence-corrected chi connectivity index (χ3v) is 4.93. The zero-order chi connectivity index (χ0) is 15.6. The molecule has 6 nitrogen and oxygen atoms in total. The lowest BCUT2D eigenvalue weighted by Crippen LogP contribution is -2.64. The summed E-state index contributed by atoms with van der Waals surface area (Å²) >= 11 is 0. The summed E-state index contributed by atoms with van der Waals surface area (Å²) in [7, 11) is -2.55. The molecule has 1 fully saturated rings. The van der Waals surface area contributed by atoms with Crippen molar-refractivity contribution in [3.63, 3.8) is 0 Å². The van der Waals surface area contributed by atoms with Crippen molar-refractivity contribution in [3.8, 4) is 5.75 Å². The second-order valence-electron chi connectivity index (χ2n) is 4.84. The molecule has 3 N–H and O–H groups in total. The number of nitrogens with two attached hydrogens (primary N) is 1. The average Bonchev–Trinajstić information content (AvgIpc) is 2.45. The second-order valence-corrected chi connectivity index (χ2v) is 6.55. The Kier molecular flexibility index (Phi) is 4.82. The lowest BCUT2D eigenvalue weighted by Gasteiger charge is -2.42. The van der Waals surface area contributed by atoms with Crippen LogP contribution in [0.2, 0.25) is 0 Å². The molecule has 2 rings (SSSR count). The zero-order valence-electron chi connectivity index (χ0n) is 11.9. The normalized spacial score (nSPS) is 25.4. The van der Waals surface area contributed by atoms with Gasteiger partial charge in [-0.1, -0.05) is 0 Å². The fourth-order valence-corrected chi connectivity index (χ4v) is 3.58. The van der Waals surface area contributed by atoms with E-state index >= 15 is 0 Å². The maximum Gasteiger partial charge on any atom is 0.241 e. The summed E-state index contributed by atoms with van der Waals surface area (Å²) in [6.07, 6.45) is 0.348. The summed E-state index contributed by atoms with van der Waals surface area (Å²) in [4.78, 5) is -0.171. The lowest BCUT2D eigenvalue weighted by molar-refractivity contribution is -0.0248. The number of hydrogen-bond acceptors (Lipinski definition) is 5. The number of benzene rings is 1. The molecule has 3 unspecified atom stereocenters. The van der Waals surface area contributed by atoms with Crippen LogP contribution in [0, 0.1) is 5.82 Å². The van der Waals surface area contributed by atoms with Crippen molar-refractivity contribution in [1.29, 1.82) is 0 Å². The molecule has 118 valence electrons. The van der Waals surface area contributed by atoms with E-state index in [0.717, 1.165) is 6.07 Å². The van der Waals surface area contributed by atoms with Gasteiger partial charge < -0.3 is 15.2 Å². The van der Waals surface area contributed by atoms with Crippen molar-refractivity contribution in [2.75, 3.05) is 13.7 Å². The number of hydrogen-bond donors (Lipinski definition) is 2. The van der Waals surface area contributed by atoms with E-state index in [0.29, 0.717) is 13.0 Å². The third-order valence-electron chi connectivity index (χ3n) is 3.47. The highest BCUT2D eigenvalue weighted by Gasteiger charge is 2.42. The highest BCUT2D eigenvalue weighted by atomic mass is 32.2. The van der Waals surface area contributed by atoms with E-state index in [1.54, 1.807) is 0 Å². The first-order valence-electron chi connectivity index (χ1n) is 6.62. The minimum Gasteiger partial charge on any atom is -0.494 e. The molecule has 1 aliphatic rings. The standard InChI is InChI=1S/C13H19FN2O4S/c1-3-20-12-7-10(15)13(12)16-21(17,18)8-4-5-11(19-2)9(14)6-8/h4-6,10,12-13,16H,3,7,15H2,1-2H3. The van der Waals surface area contributed by atoms with E-state index in [-0.39, 0.29) is 22.8 Å². The molecular formula is C13H19FN2O4S. The van der Waals surface area contributed by atoms with E-state index in [1.165, 1.54) is 19.2 Å². The highest BCUT2D eigenvalue weighted by Crippen LogP contribution is 2.26. The summed E-state index contributed by atoms with van der Waals surface area (Å²) in [5.41, 5.74) is 5.80. The molecule has 1 aliphatic carbocycles. The van der Waals surface area contributed by atoms with Gasteiger partial charge in [0.15, 0.2) is 11.6 Å². The zero-order valence-corrected chi connectivity index (χ0v) is 12.7. The molecule has 0 aromatic heterocycles. The Morgan fingerprint density at radius 1 is 1.48 bits per heavy atom. The number of rotatable bonds is 6. The summed E-state index contributed by atoms with van der Waals surface area (Å²) < 4.78 is 50.8. The minimum atomic E-state index is -3.86. The lowest BCUT2D eigenvalue weighted by atomic mass is 9.84. The van der Waals surface area contributed by atoms with Gasteiger partial charge in [0.1, 0.15) is 0 Å². The Bertz CT molecular complexity index is 606. The Labute approximate surface area is 123 Å². The van der Waals surface area contributed by atoms with E-state index < -0.39 is 21.9 Å². The molecule has 1 saturated carbocycles. The predicted molar refractivity (Wildman–Crippen MR) is 75.1 cm³/mol. The van der Waals surface area contributed by atoms with Crippen LogP contribution in [0.15, 0.2) is 23.1 Å². The predicted octanol–water partition coefficient (Wildman–Crippen LogP) is 0.617. The minimum absolute atomic E-state index is 0.0125. The first kappa shape index (κ1) is 16.2. The monoisotopic (exact) mass is 318 g/mol. The Balaban J connectivity index is 2.16. The maximum absolute atomic E-state index is 13.6. The van der Waals surface area contributed by atoms with Crippen molar-refractivity contribution in [3.05, 3.63) is 24.0 Å². The van der Waals surface area contributed by atoms with Gasteiger partial charge in [-0.25, -0.2) is 17.5 Å². The van der Waals surface area contributed by atoms with E-state index in [2.05, 4.69) is 4.72 Å². The van der Waals surface area contributed by atoms with Gasteiger partial charge in [-0.2, -0.15) is 0 Å². The number of ether oxygens (including phenoxy) is 2. The van der Waals surface area contributed by atoms with Gasteiger partial charge in [-0.3, -0.25) is 0 Å². The van der Waals surface area contributed by atoms with Crippen LogP contribution in [0.3, 0.4) is 0 Å². The summed E-state index contributed by atoms with van der Waals surface area (Å²) in [6.45, 7) is 2.31. The molecule has 0 saturated heterocycles. The molecule has 8 heteroatoms. The molecule has 0 bridgehead atoms. The van der Waals surface area contributed by atoms with E-state index in [9.17, 15) is 12.8 Å². The van der Waals surface area contributed by atoms with Crippen LogP contribution in [-0.4, -0.2) is 40.3 Å². The molecule has 1 aromatic carbocycles. The smallest absolute Gasteiger partial charge is 0.241 e. The highest BCUT2D eigenvalue weighted by molar-refractivity contribution is 7.89. The van der Waals surface area contributed by atoms with Gasteiger partial charge in [-0.15, -0.1) is 0 Å². The number of methoxy groups -OCH3 is 1. The van der Waals surface area contributed by atoms with Crippen LogP contribution in [0.5, 0.6) is 5.75 Å². The Morgan fingerprint density at radius 2 is 2.19 bits per heavy atom. The van der Waals surface area contributed by atoms with Crippen LogP contribution in [0.4, 0.5) is 4.39 Å². The Hall–Kier alpha value is -1.22. The van der Waals surface area contributed by atoms with Crippen molar-refractivity contribution >= 4 is 10.0 Å². The third kappa shape index (κ3) is 3.34. The average molecular weight is 318 g/mol. The summed E-state index contributed by atoms with van der Waals surface area (Å²) in [6, 6.07) is 2.66. The molecule has 21 heavy (non-hydrogen) atoms. The largest absolute Gasteiger partial charge is 0.494 e. The summed E-state index contributed by atoms with van der Waals surface area (Å²) in [5, 5.41) is 0. The van der Waals surface area contributed by atoms with E-state index in [4.69, 9.17) is 15.2 Å². The van der Waals surface area contributed by atoms with Crippen LogP contribution < -0.4 is 15.2 Å². The molecule has 3 atom stereocenters. The van der Waals surface area contributed by atoms with Gasteiger partial charge in [0.05, 0.1) is 24.2 Å². The number of nitrogens with one attached hydrogen (secondary N) is 1. The fourth-order valence-electron chi connectivity index (χ4n) is 2.25. The van der Waals surface area contributed by atoms with Crippen molar-refractivity contribution in [2.24, 2.45) is 5.73 Å². The molecule has 0 heterocycles. The second kappa shape index (κ2) is 6.27. The van der Waals surface area contributed by atoms with Gasteiger partial charge in [0.2, 0.25) is 10.0 Å². The van der Waals surface area contributed by atoms with Crippen LogP contribution in [-0.2, 0) is 14.8 Å². The SMILES string of the molecule is CCOC1CC(N)C1NS(=O)(=O)c1ccc(OC)c(F)c1. The number of halogens is 1. The van der Waals surface area contributed by atoms with Crippen molar-refractivity contribution < 1.29 is 22.3 Å². The molecule has 0 spiro atoms. The quantitative estimate of drug-likeness (QED) is 0.802. The molecule has 0 radical (unpaired) electrons. The van der Waals surface area contributed by atoms with E-state index in [1.807, 2.05) is 6.92 Å². The first-order valence-corrected chi connectivity index (χ1v) is 8.10. The molecule has 0 aliphatic heterocycles. The van der Waals surface area contributed by atoms with Crippen LogP contribution >= 0.6 is 0 Å². The molecule has 1 aromatic rings. The van der Waals surface area contributed by atoms with Gasteiger partial charge in [-0.05, 0) is 31.5 Å². The van der Waals surface area contributed by atoms with Gasteiger partial charge in [0.25, 0.3) is 0 Å².